The highest BCUT2D eigenvalue weighted by Gasteiger charge is 2.34. The largest absolute Gasteiger partial charge is 0.418 e. The van der Waals surface area contributed by atoms with E-state index >= 15 is 0 Å². The first-order valence-electron chi connectivity index (χ1n) is 6.53. The molecule has 1 aromatic carbocycles. The molecule has 120 valence electrons. The van der Waals surface area contributed by atoms with Crippen LogP contribution in [0.5, 0.6) is 0 Å². The Bertz CT molecular complexity index is 771. The van der Waals surface area contributed by atoms with Crippen LogP contribution in [0.25, 0.3) is 5.69 Å². The number of nitrogens with zero attached hydrogens (tertiary/aromatic N) is 4. The molecule has 2 aromatic rings. The molecule has 1 aliphatic heterocycles. The summed E-state index contributed by atoms with van der Waals surface area (Å²) in [4.78, 5) is 16.0. The molecule has 10 heteroatoms. The van der Waals surface area contributed by atoms with Crippen molar-refractivity contribution in [3.63, 3.8) is 0 Å². The number of hydrogen-bond acceptors (Lipinski definition) is 5. The number of benzene rings is 1. The summed E-state index contributed by atoms with van der Waals surface area (Å²) >= 11 is 1.39. The molecule has 2 heterocycles. The maximum atomic E-state index is 13.0. The monoisotopic (exact) mass is 341 g/mol. The number of carbonyl (C=O) groups excluding carboxylic acids is 1. The van der Waals surface area contributed by atoms with Gasteiger partial charge in [0.15, 0.2) is 10.9 Å². The Labute approximate surface area is 132 Å². The Morgan fingerprint density at radius 2 is 2.09 bits per heavy atom. The van der Waals surface area contributed by atoms with E-state index in [0.29, 0.717) is 11.7 Å². The third-order valence-electron chi connectivity index (χ3n) is 2.99. The Kier molecular flexibility index (Phi) is 4.07. The Morgan fingerprint density at radius 1 is 1.30 bits per heavy atom. The van der Waals surface area contributed by atoms with Crippen molar-refractivity contribution >= 4 is 22.8 Å². The van der Waals surface area contributed by atoms with Gasteiger partial charge in [-0.15, -0.1) is 5.10 Å². The van der Waals surface area contributed by atoms with E-state index < -0.39 is 17.6 Å². The van der Waals surface area contributed by atoms with Crippen molar-refractivity contribution in [2.24, 2.45) is 4.99 Å². The lowest BCUT2D eigenvalue weighted by molar-refractivity contribution is -0.137. The lowest BCUT2D eigenvalue weighted by Gasteiger charge is -2.11. The van der Waals surface area contributed by atoms with Gasteiger partial charge >= 0.3 is 6.18 Å². The van der Waals surface area contributed by atoms with Gasteiger partial charge in [-0.2, -0.15) is 13.2 Å². The van der Waals surface area contributed by atoms with E-state index in [1.54, 1.807) is 0 Å². The van der Waals surface area contributed by atoms with Gasteiger partial charge in [0, 0.05) is 5.75 Å². The lowest BCUT2D eigenvalue weighted by atomic mass is 10.1. The van der Waals surface area contributed by atoms with Crippen molar-refractivity contribution < 1.29 is 18.0 Å². The third-order valence-corrected chi connectivity index (χ3v) is 3.88. The minimum Gasteiger partial charge on any atom is -0.300 e. The Balaban J connectivity index is 1.86. The highest BCUT2D eigenvalue weighted by molar-refractivity contribution is 8.14. The number of carbonyl (C=O) groups is 1. The molecule has 0 unspecified atom stereocenters. The molecular formula is C13H10F3N5OS. The average Bonchev–Trinajstić information content (AvgIpc) is 3.17. The number of hydrogen-bond donors (Lipinski definition) is 1. The molecule has 0 radical (unpaired) electrons. The maximum Gasteiger partial charge on any atom is 0.418 e. The summed E-state index contributed by atoms with van der Waals surface area (Å²) in [6.07, 6.45) is -3.37. The van der Waals surface area contributed by atoms with E-state index in [1.807, 2.05) is 0 Å². The van der Waals surface area contributed by atoms with Crippen molar-refractivity contribution in [3.8, 4) is 5.69 Å². The third kappa shape index (κ3) is 3.36. The van der Waals surface area contributed by atoms with Gasteiger partial charge in [0.05, 0.1) is 24.0 Å². The molecule has 6 nitrogen and oxygen atoms in total. The van der Waals surface area contributed by atoms with Crippen LogP contribution in [-0.4, -0.2) is 38.4 Å². The van der Waals surface area contributed by atoms with Crippen molar-refractivity contribution in [3.05, 3.63) is 41.7 Å². The predicted octanol–water partition coefficient (Wildman–Crippen LogP) is 2.12. The number of para-hydroxylation sites is 1. The van der Waals surface area contributed by atoms with E-state index in [0.717, 1.165) is 22.7 Å². The number of aliphatic imine (C=N–C) groups is 1. The van der Waals surface area contributed by atoms with E-state index in [2.05, 4.69) is 20.6 Å². The molecule has 0 spiro atoms. The Morgan fingerprint density at radius 3 is 2.78 bits per heavy atom. The zero-order valence-corrected chi connectivity index (χ0v) is 12.4. The van der Waals surface area contributed by atoms with Crippen LogP contribution >= 0.6 is 11.8 Å². The molecule has 1 aromatic heterocycles. The minimum absolute atomic E-state index is 0.0859. The minimum atomic E-state index is -4.53. The number of amidine groups is 1. The van der Waals surface area contributed by atoms with Crippen LogP contribution in [0, 0.1) is 0 Å². The van der Waals surface area contributed by atoms with Crippen LogP contribution in [0.4, 0.5) is 13.2 Å². The lowest BCUT2D eigenvalue weighted by Crippen LogP contribution is -2.27. The first kappa shape index (κ1) is 15.5. The van der Waals surface area contributed by atoms with Crippen LogP contribution < -0.4 is 5.32 Å². The van der Waals surface area contributed by atoms with Gasteiger partial charge in [-0.1, -0.05) is 29.1 Å². The molecule has 0 aliphatic carbocycles. The van der Waals surface area contributed by atoms with E-state index in [4.69, 9.17) is 0 Å². The zero-order valence-electron chi connectivity index (χ0n) is 11.5. The van der Waals surface area contributed by atoms with Crippen LogP contribution in [0.2, 0.25) is 0 Å². The highest BCUT2D eigenvalue weighted by Crippen LogP contribution is 2.33. The molecule has 0 bridgehead atoms. The highest BCUT2D eigenvalue weighted by atomic mass is 32.2. The van der Waals surface area contributed by atoms with E-state index in [9.17, 15) is 18.0 Å². The summed E-state index contributed by atoms with van der Waals surface area (Å²) in [5.41, 5.74) is -1.14. The average molecular weight is 341 g/mol. The fourth-order valence-electron chi connectivity index (χ4n) is 1.97. The molecule has 0 saturated heterocycles. The molecule has 0 atom stereocenters. The number of halogens is 3. The predicted molar refractivity (Wildman–Crippen MR) is 78.6 cm³/mol. The molecule has 0 fully saturated rings. The van der Waals surface area contributed by atoms with Crippen molar-refractivity contribution in [2.45, 2.75) is 6.18 Å². The molecular weight excluding hydrogens is 331 g/mol. The summed E-state index contributed by atoms with van der Waals surface area (Å²) in [5, 5.41) is 10.3. The van der Waals surface area contributed by atoms with Crippen LogP contribution in [-0.2, 0) is 6.18 Å². The molecule has 0 saturated carbocycles. The normalized spacial score (nSPS) is 14.7. The van der Waals surface area contributed by atoms with Gasteiger partial charge in [0.25, 0.3) is 5.91 Å². The van der Waals surface area contributed by atoms with Crippen LogP contribution in [0.3, 0.4) is 0 Å². The summed E-state index contributed by atoms with van der Waals surface area (Å²) in [6, 6.07) is 4.94. The summed E-state index contributed by atoms with van der Waals surface area (Å²) in [6.45, 7) is 0.617. The second-order valence-electron chi connectivity index (χ2n) is 4.55. The molecule has 1 aliphatic rings. The SMILES string of the molecule is O=C(NC1=NCCS1)c1cn(-c2ccccc2C(F)(F)F)nn1. The fraction of sp³-hybridized carbons (Fsp3) is 0.231. The van der Waals surface area contributed by atoms with Crippen LogP contribution in [0.15, 0.2) is 35.5 Å². The fourth-order valence-corrected chi connectivity index (χ4v) is 2.69. The zero-order chi connectivity index (χ0) is 16.4. The van der Waals surface area contributed by atoms with Crippen molar-refractivity contribution in [2.75, 3.05) is 12.3 Å². The number of aromatic nitrogens is 3. The second kappa shape index (κ2) is 6.03. The Hall–Kier alpha value is -2.36. The number of alkyl halides is 3. The van der Waals surface area contributed by atoms with E-state index in [1.165, 1.54) is 30.0 Å². The molecule has 1 N–H and O–H groups in total. The molecule has 23 heavy (non-hydrogen) atoms. The second-order valence-corrected chi connectivity index (χ2v) is 5.64. The quantitative estimate of drug-likeness (QED) is 0.908. The van der Waals surface area contributed by atoms with Gasteiger partial charge < -0.3 is 0 Å². The van der Waals surface area contributed by atoms with Gasteiger partial charge in [0.1, 0.15) is 0 Å². The molecule has 3 rings (SSSR count). The van der Waals surface area contributed by atoms with Gasteiger partial charge in [-0.05, 0) is 12.1 Å². The van der Waals surface area contributed by atoms with Crippen molar-refractivity contribution in [1.29, 1.82) is 0 Å². The topological polar surface area (TPSA) is 72.2 Å². The van der Waals surface area contributed by atoms with E-state index in [-0.39, 0.29) is 11.4 Å². The number of rotatable bonds is 2. The number of nitrogens with one attached hydrogen (secondary N) is 1. The summed E-state index contributed by atoms with van der Waals surface area (Å²) in [5.74, 6) is 0.218. The van der Waals surface area contributed by atoms with Gasteiger partial charge in [-0.3, -0.25) is 15.1 Å². The number of amides is 1. The smallest absolute Gasteiger partial charge is 0.300 e. The van der Waals surface area contributed by atoms with Crippen molar-refractivity contribution in [1.82, 2.24) is 20.3 Å². The van der Waals surface area contributed by atoms with Crippen LogP contribution in [0.1, 0.15) is 16.1 Å². The van der Waals surface area contributed by atoms with Gasteiger partial charge in [-0.25, -0.2) is 4.68 Å². The van der Waals surface area contributed by atoms with Gasteiger partial charge in [0.2, 0.25) is 0 Å². The number of thioether (sulfide) groups is 1. The summed E-state index contributed by atoms with van der Waals surface area (Å²) in [7, 11) is 0. The summed E-state index contributed by atoms with van der Waals surface area (Å²) < 4.78 is 40.0. The first-order chi connectivity index (χ1) is 10.9. The maximum absolute atomic E-state index is 13.0. The first-order valence-corrected chi connectivity index (χ1v) is 7.51. The molecule has 1 amide bonds. The standard InChI is InChI=1S/C13H10F3N5OS/c14-13(15,16)8-3-1-2-4-10(8)21-7-9(19-20-21)11(22)18-12-17-5-6-23-12/h1-4,7H,5-6H2,(H,17,18,22).